The maximum absolute atomic E-state index is 12.5. The van der Waals surface area contributed by atoms with Crippen LogP contribution in [0.25, 0.3) is 0 Å². The summed E-state index contributed by atoms with van der Waals surface area (Å²) in [5.74, 6) is -0.0111. The number of amides is 1. The summed E-state index contributed by atoms with van der Waals surface area (Å²) in [4.78, 5) is 16.5. The number of rotatable bonds is 6. The third-order valence-electron chi connectivity index (χ3n) is 4.44. The van der Waals surface area contributed by atoms with Crippen LogP contribution >= 0.6 is 0 Å². The van der Waals surface area contributed by atoms with E-state index < -0.39 is 11.7 Å². The van der Waals surface area contributed by atoms with Gasteiger partial charge in [-0.15, -0.1) is 0 Å². The van der Waals surface area contributed by atoms with Crippen molar-refractivity contribution in [3.63, 3.8) is 0 Å². The fraction of sp³-hybridized carbons (Fsp3) is 0.611. The Morgan fingerprint density at radius 1 is 1.04 bits per heavy atom. The highest BCUT2D eigenvalue weighted by atomic mass is 19.4. The van der Waals surface area contributed by atoms with Gasteiger partial charge in [-0.1, -0.05) is 31.9 Å². The average molecular weight is 342 g/mol. The summed E-state index contributed by atoms with van der Waals surface area (Å²) < 4.78 is 37.6. The molecule has 0 radical (unpaired) electrons. The van der Waals surface area contributed by atoms with E-state index in [1.807, 2.05) is 4.90 Å². The number of carbonyl (C=O) groups excluding carboxylic acids is 1. The van der Waals surface area contributed by atoms with Gasteiger partial charge < -0.3 is 4.90 Å². The van der Waals surface area contributed by atoms with E-state index in [1.54, 1.807) is 0 Å². The number of hydrogen-bond donors (Lipinski definition) is 0. The van der Waals surface area contributed by atoms with Crippen molar-refractivity contribution in [2.75, 3.05) is 32.7 Å². The zero-order chi connectivity index (χ0) is 17.6. The molecule has 1 aromatic carbocycles. The molecule has 1 aromatic rings. The average Bonchev–Trinajstić information content (AvgIpc) is 2.55. The first-order valence-electron chi connectivity index (χ1n) is 8.56. The van der Waals surface area contributed by atoms with Crippen molar-refractivity contribution in [3.05, 3.63) is 35.4 Å². The number of hydrogen-bond acceptors (Lipinski definition) is 2. The summed E-state index contributed by atoms with van der Waals surface area (Å²) in [5, 5.41) is 0. The lowest BCUT2D eigenvalue weighted by Crippen LogP contribution is -2.49. The van der Waals surface area contributed by atoms with Gasteiger partial charge in [-0.2, -0.15) is 13.2 Å². The number of carbonyl (C=O) groups is 1. The molecule has 0 aromatic heterocycles. The van der Waals surface area contributed by atoms with Crippen molar-refractivity contribution < 1.29 is 18.0 Å². The molecular formula is C18H25F3N2O. The number of benzene rings is 1. The van der Waals surface area contributed by atoms with Crippen molar-refractivity contribution in [1.29, 1.82) is 0 Å². The zero-order valence-corrected chi connectivity index (χ0v) is 14.1. The molecule has 0 unspecified atom stereocenters. The molecule has 24 heavy (non-hydrogen) atoms. The molecule has 0 atom stereocenters. The molecule has 6 heteroatoms. The standard InChI is InChI=1S/C18H25F3N2O/c1-2-3-4-9-22-10-12-23(13-11-22)17(24)14-15-5-7-16(8-6-15)18(19,20)21/h5-8H,2-4,9-14H2,1H3. The van der Waals surface area contributed by atoms with Crippen LogP contribution in [0.1, 0.15) is 37.3 Å². The van der Waals surface area contributed by atoms with Crippen LogP contribution in [0.4, 0.5) is 13.2 Å². The van der Waals surface area contributed by atoms with E-state index in [9.17, 15) is 18.0 Å². The van der Waals surface area contributed by atoms with Gasteiger partial charge in [0.1, 0.15) is 0 Å². The Labute approximate surface area is 141 Å². The molecule has 1 saturated heterocycles. The van der Waals surface area contributed by atoms with Gasteiger partial charge in [-0.25, -0.2) is 0 Å². The van der Waals surface area contributed by atoms with E-state index in [-0.39, 0.29) is 12.3 Å². The van der Waals surface area contributed by atoms with Crippen molar-refractivity contribution >= 4 is 5.91 Å². The smallest absolute Gasteiger partial charge is 0.340 e. The second kappa shape index (κ2) is 8.51. The van der Waals surface area contributed by atoms with Gasteiger partial charge in [0.25, 0.3) is 0 Å². The van der Waals surface area contributed by atoms with Gasteiger partial charge in [-0.3, -0.25) is 9.69 Å². The van der Waals surface area contributed by atoms with Gasteiger partial charge in [0.15, 0.2) is 0 Å². The van der Waals surface area contributed by atoms with Crippen LogP contribution in [0.15, 0.2) is 24.3 Å². The Balaban J connectivity index is 1.79. The Bertz CT molecular complexity index is 520. The number of piperazine rings is 1. The molecule has 1 fully saturated rings. The maximum atomic E-state index is 12.5. The molecule has 1 amide bonds. The molecule has 3 nitrogen and oxygen atoms in total. The Kier molecular flexibility index (Phi) is 6.66. The summed E-state index contributed by atoms with van der Waals surface area (Å²) in [6.45, 7) is 6.41. The van der Waals surface area contributed by atoms with Crippen LogP contribution in [0.2, 0.25) is 0 Å². The third kappa shape index (κ3) is 5.51. The fourth-order valence-corrected chi connectivity index (χ4v) is 2.90. The SMILES string of the molecule is CCCCCN1CCN(C(=O)Cc2ccc(C(F)(F)F)cc2)CC1. The van der Waals surface area contributed by atoms with Crippen LogP contribution in [0.3, 0.4) is 0 Å². The molecule has 0 N–H and O–H groups in total. The summed E-state index contributed by atoms with van der Waals surface area (Å²) in [7, 11) is 0. The summed E-state index contributed by atoms with van der Waals surface area (Å²) in [6, 6.07) is 4.85. The molecule has 0 bridgehead atoms. The molecule has 134 valence electrons. The molecule has 2 rings (SSSR count). The number of unbranched alkanes of at least 4 members (excludes halogenated alkanes) is 2. The molecule has 1 aliphatic rings. The summed E-state index contributed by atoms with van der Waals surface area (Å²) in [5.41, 5.74) is -0.0576. The van der Waals surface area contributed by atoms with E-state index in [4.69, 9.17) is 0 Å². The van der Waals surface area contributed by atoms with Crippen LogP contribution in [0, 0.1) is 0 Å². The lowest BCUT2D eigenvalue weighted by molar-refractivity contribution is -0.137. The van der Waals surface area contributed by atoms with Crippen LogP contribution in [-0.2, 0) is 17.4 Å². The monoisotopic (exact) mass is 342 g/mol. The highest BCUT2D eigenvalue weighted by Gasteiger charge is 2.30. The molecule has 0 spiro atoms. The van der Waals surface area contributed by atoms with Crippen LogP contribution in [0.5, 0.6) is 0 Å². The Morgan fingerprint density at radius 3 is 2.21 bits per heavy atom. The highest BCUT2D eigenvalue weighted by Crippen LogP contribution is 2.29. The molecule has 0 aliphatic carbocycles. The van der Waals surface area contributed by atoms with Gasteiger partial charge in [0.05, 0.1) is 12.0 Å². The second-order valence-electron chi connectivity index (χ2n) is 6.30. The van der Waals surface area contributed by atoms with Gasteiger partial charge >= 0.3 is 6.18 Å². The molecular weight excluding hydrogens is 317 g/mol. The minimum Gasteiger partial charge on any atom is -0.340 e. The maximum Gasteiger partial charge on any atom is 0.416 e. The highest BCUT2D eigenvalue weighted by molar-refractivity contribution is 5.78. The van der Waals surface area contributed by atoms with E-state index in [1.165, 1.54) is 31.4 Å². The van der Waals surface area contributed by atoms with E-state index >= 15 is 0 Å². The summed E-state index contributed by atoms with van der Waals surface area (Å²) >= 11 is 0. The van der Waals surface area contributed by atoms with Crippen molar-refractivity contribution in [2.24, 2.45) is 0 Å². The van der Waals surface area contributed by atoms with Crippen LogP contribution < -0.4 is 0 Å². The first-order valence-corrected chi connectivity index (χ1v) is 8.56. The summed E-state index contributed by atoms with van der Waals surface area (Å²) in [6.07, 6.45) is -0.556. The lowest BCUT2D eigenvalue weighted by Gasteiger charge is -2.34. The minimum atomic E-state index is -4.34. The Morgan fingerprint density at radius 2 is 1.67 bits per heavy atom. The van der Waals surface area contributed by atoms with Gasteiger partial charge in [0.2, 0.25) is 5.91 Å². The number of alkyl halides is 3. The Hall–Kier alpha value is -1.56. The quantitative estimate of drug-likeness (QED) is 0.738. The zero-order valence-electron chi connectivity index (χ0n) is 14.1. The predicted octanol–water partition coefficient (Wildman–Crippen LogP) is 3.58. The van der Waals surface area contributed by atoms with Gasteiger partial charge in [0, 0.05) is 26.2 Å². The first-order chi connectivity index (χ1) is 11.4. The van der Waals surface area contributed by atoms with Crippen LogP contribution in [-0.4, -0.2) is 48.4 Å². The fourth-order valence-electron chi connectivity index (χ4n) is 2.90. The van der Waals surface area contributed by atoms with E-state index in [2.05, 4.69) is 11.8 Å². The van der Waals surface area contributed by atoms with E-state index in [0.717, 1.165) is 31.8 Å². The molecule has 1 heterocycles. The number of nitrogens with zero attached hydrogens (tertiary/aromatic N) is 2. The first kappa shape index (κ1) is 18.8. The topological polar surface area (TPSA) is 23.6 Å². The van der Waals surface area contributed by atoms with Crippen molar-refractivity contribution in [3.8, 4) is 0 Å². The minimum absolute atomic E-state index is 0.0111. The lowest BCUT2D eigenvalue weighted by atomic mass is 10.1. The van der Waals surface area contributed by atoms with E-state index in [0.29, 0.717) is 18.7 Å². The molecule has 0 saturated carbocycles. The molecule has 1 aliphatic heterocycles. The second-order valence-corrected chi connectivity index (χ2v) is 6.30. The normalized spacial score (nSPS) is 16.4. The van der Waals surface area contributed by atoms with Crippen molar-refractivity contribution in [2.45, 2.75) is 38.8 Å². The number of halogens is 3. The largest absolute Gasteiger partial charge is 0.416 e. The third-order valence-corrected chi connectivity index (χ3v) is 4.44. The van der Waals surface area contributed by atoms with Gasteiger partial charge in [-0.05, 0) is 30.7 Å². The van der Waals surface area contributed by atoms with Crippen molar-refractivity contribution in [1.82, 2.24) is 9.80 Å². The predicted molar refractivity (Wildman–Crippen MR) is 87.7 cm³/mol.